The van der Waals surface area contributed by atoms with Crippen LogP contribution in [0.3, 0.4) is 0 Å². The zero-order chi connectivity index (χ0) is 23.5. The molecule has 0 aliphatic rings. The fraction of sp³-hybridized carbons (Fsp3) is 0.238. The molecule has 3 heterocycles. The van der Waals surface area contributed by atoms with Gasteiger partial charge >= 0.3 is 0 Å². The summed E-state index contributed by atoms with van der Waals surface area (Å²) in [5.41, 5.74) is 1.70. The van der Waals surface area contributed by atoms with Gasteiger partial charge in [-0.1, -0.05) is 0 Å². The van der Waals surface area contributed by atoms with Gasteiger partial charge in [0.25, 0.3) is 0 Å². The second kappa shape index (κ2) is 10.3. The van der Waals surface area contributed by atoms with Gasteiger partial charge in [-0.2, -0.15) is 5.10 Å². The minimum Gasteiger partial charge on any atom is -0.494 e. The molecule has 0 aliphatic heterocycles. The number of methoxy groups -OCH3 is 2. The quantitative estimate of drug-likeness (QED) is 0.166. The summed E-state index contributed by atoms with van der Waals surface area (Å²) in [6, 6.07) is 2.88. The molecule has 8 nitrogen and oxygen atoms in total. The number of benzene rings is 1. The number of hydrogen-bond donors (Lipinski definition) is 2. The molecule has 3 aromatic heterocycles. The third-order valence-electron chi connectivity index (χ3n) is 5.18. The van der Waals surface area contributed by atoms with E-state index in [9.17, 15) is 13.9 Å². The molecule has 174 valence electrons. The molecular formula is C21H20F2IN4O4P. The maximum absolute atomic E-state index is 14.9. The van der Waals surface area contributed by atoms with Gasteiger partial charge in [-0.25, -0.2) is 13.8 Å². The van der Waals surface area contributed by atoms with Crippen molar-refractivity contribution in [2.24, 2.45) is 0 Å². The van der Waals surface area contributed by atoms with Crippen molar-refractivity contribution in [2.75, 3.05) is 20.8 Å². The standard InChI is InChI=1S/C21H20F2IN4O4P/c1-30-15-6-16(31-2)19(23)17(18(15)22)20(29)14-9-26-21-13(14)5-11(7-25-21)12-8-27-28(10-12)3-4-32-33-24/h5-10,20,29,33H,3-4H2,1-2H3,(H,25,26). The number of rotatable bonds is 9. The Kier molecular flexibility index (Phi) is 7.42. The van der Waals surface area contributed by atoms with E-state index in [1.165, 1.54) is 20.4 Å². The maximum Gasteiger partial charge on any atom is 0.174 e. The van der Waals surface area contributed by atoms with Crippen LogP contribution < -0.4 is 9.47 Å². The number of nitrogens with zero attached hydrogens (tertiary/aromatic N) is 3. The maximum atomic E-state index is 14.9. The minimum absolute atomic E-state index is 0.236. The second-order valence-electron chi connectivity index (χ2n) is 7.01. The normalized spacial score (nSPS) is 12.7. The van der Waals surface area contributed by atoms with Gasteiger partial charge < -0.3 is 24.1 Å². The van der Waals surface area contributed by atoms with Gasteiger partial charge in [0.05, 0.1) is 45.6 Å². The second-order valence-corrected chi connectivity index (χ2v) is 8.77. The van der Waals surface area contributed by atoms with Crippen LogP contribution >= 0.6 is 28.5 Å². The van der Waals surface area contributed by atoms with Gasteiger partial charge in [0.1, 0.15) is 11.8 Å². The van der Waals surface area contributed by atoms with E-state index in [2.05, 4.69) is 37.1 Å². The summed E-state index contributed by atoms with van der Waals surface area (Å²) in [7, 11) is 2.50. The van der Waals surface area contributed by atoms with Crippen molar-refractivity contribution in [3.63, 3.8) is 0 Å². The number of pyridine rings is 1. The first kappa shape index (κ1) is 23.8. The van der Waals surface area contributed by atoms with Crippen molar-refractivity contribution >= 4 is 39.5 Å². The molecule has 0 bridgehead atoms. The largest absolute Gasteiger partial charge is 0.494 e. The average Bonchev–Trinajstić information content (AvgIpc) is 3.46. The first-order valence-corrected chi connectivity index (χ1v) is 13.8. The lowest BCUT2D eigenvalue weighted by Gasteiger charge is -2.17. The topological polar surface area (TPSA) is 94.4 Å². The van der Waals surface area contributed by atoms with Crippen LogP contribution in [-0.2, 0) is 11.1 Å². The summed E-state index contributed by atoms with van der Waals surface area (Å²) in [6.45, 7) is 1.54. The van der Waals surface area contributed by atoms with Crippen LogP contribution in [-0.4, -0.2) is 45.7 Å². The van der Waals surface area contributed by atoms with E-state index in [-0.39, 0.29) is 17.1 Å². The molecule has 0 radical (unpaired) electrons. The third-order valence-corrected chi connectivity index (χ3v) is 6.43. The lowest BCUT2D eigenvalue weighted by atomic mass is 9.98. The number of aromatic nitrogens is 4. The highest BCUT2D eigenvalue weighted by Gasteiger charge is 2.28. The van der Waals surface area contributed by atoms with Crippen LogP contribution in [0.1, 0.15) is 17.2 Å². The third kappa shape index (κ3) is 4.68. The Morgan fingerprint density at radius 2 is 1.88 bits per heavy atom. The number of nitrogens with one attached hydrogen (secondary N) is 1. The monoisotopic (exact) mass is 588 g/mol. The van der Waals surface area contributed by atoms with Gasteiger partial charge in [-0.15, -0.1) is 0 Å². The van der Waals surface area contributed by atoms with E-state index in [1.807, 2.05) is 6.20 Å². The van der Waals surface area contributed by atoms with E-state index in [4.69, 9.17) is 14.0 Å². The van der Waals surface area contributed by atoms with Gasteiger partial charge in [0.15, 0.2) is 23.1 Å². The molecular weight excluding hydrogens is 568 g/mol. The molecule has 0 fully saturated rings. The summed E-state index contributed by atoms with van der Waals surface area (Å²) >= 11 is 2.16. The summed E-state index contributed by atoms with van der Waals surface area (Å²) in [6.07, 6.45) is 5.06. The molecule has 2 atom stereocenters. The predicted molar refractivity (Wildman–Crippen MR) is 129 cm³/mol. The van der Waals surface area contributed by atoms with Crippen LogP contribution in [0.4, 0.5) is 8.78 Å². The van der Waals surface area contributed by atoms with E-state index in [0.29, 0.717) is 30.6 Å². The highest BCUT2D eigenvalue weighted by molar-refractivity contribution is 14.2. The van der Waals surface area contributed by atoms with Crippen LogP contribution in [0.15, 0.2) is 36.9 Å². The van der Waals surface area contributed by atoms with E-state index in [1.54, 1.807) is 23.1 Å². The van der Waals surface area contributed by atoms with Gasteiger partial charge in [-0.3, -0.25) is 4.68 Å². The summed E-state index contributed by atoms with van der Waals surface area (Å²) in [4.78, 5) is 7.32. The first-order valence-electron chi connectivity index (χ1n) is 9.73. The molecule has 4 aromatic rings. The average molecular weight is 588 g/mol. The van der Waals surface area contributed by atoms with E-state index < -0.39 is 23.3 Å². The van der Waals surface area contributed by atoms with Gasteiger partial charge in [0.2, 0.25) is 0 Å². The summed E-state index contributed by atoms with van der Waals surface area (Å²) in [5.74, 6) is -2.48. The molecule has 0 spiro atoms. The number of aliphatic hydroxyl groups is 1. The summed E-state index contributed by atoms with van der Waals surface area (Å²) < 4.78 is 47.0. The number of halogens is 3. The molecule has 0 saturated carbocycles. The molecule has 12 heteroatoms. The molecule has 0 amide bonds. The summed E-state index contributed by atoms with van der Waals surface area (Å²) in [5, 5.41) is 15.8. The fourth-order valence-corrected chi connectivity index (χ4v) is 4.35. The Morgan fingerprint density at radius 1 is 1.15 bits per heavy atom. The van der Waals surface area contributed by atoms with Crippen molar-refractivity contribution in [1.29, 1.82) is 0 Å². The Labute approximate surface area is 202 Å². The minimum atomic E-state index is -1.63. The molecule has 2 unspecified atom stereocenters. The molecule has 0 aliphatic carbocycles. The number of ether oxygens (including phenoxy) is 2. The van der Waals surface area contributed by atoms with E-state index in [0.717, 1.165) is 17.2 Å². The number of hydrogen-bond acceptors (Lipinski definition) is 6. The van der Waals surface area contributed by atoms with Crippen LogP contribution in [0.5, 0.6) is 11.5 Å². The Hall–Kier alpha value is -2.34. The molecule has 0 saturated heterocycles. The highest BCUT2D eigenvalue weighted by Crippen LogP contribution is 2.39. The van der Waals surface area contributed by atoms with Gasteiger partial charge in [-0.05, 0) is 28.1 Å². The highest BCUT2D eigenvalue weighted by atomic mass is 127. The fourth-order valence-electron chi connectivity index (χ4n) is 3.52. The molecule has 4 rings (SSSR count). The van der Waals surface area contributed by atoms with Crippen molar-refractivity contribution in [2.45, 2.75) is 12.6 Å². The Balaban J connectivity index is 1.73. The number of aromatic amines is 1. The molecule has 2 N–H and O–H groups in total. The lowest BCUT2D eigenvalue weighted by molar-refractivity contribution is 0.206. The van der Waals surface area contributed by atoms with E-state index >= 15 is 0 Å². The number of H-pyrrole nitrogens is 1. The molecule has 1 aromatic carbocycles. The predicted octanol–water partition coefficient (Wildman–Crippen LogP) is 4.76. The van der Waals surface area contributed by atoms with Crippen molar-refractivity contribution in [3.05, 3.63) is 59.7 Å². The lowest BCUT2D eigenvalue weighted by Crippen LogP contribution is -2.08. The smallest absolute Gasteiger partial charge is 0.174 e. The van der Waals surface area contributed by atoms with Crippen LogP contribution in [0.2, 0.25) is 0 Å². The zero-order valence-corrected chi connectivity index (χ0v) is 20.8. The Bertz CT molecular complexity index is 1250. The van der Waals surface area contributed by atoms with Crippen LogP contribution in [0, 0.1) is 11.6 Å². The molecule has 33 heavy (non-hydrogen) atoms. The van der Waals surface area contributed by atoms with Crippen molar-refractivity contribution in [3.8, 4) is 22.6 Å². The Morgan fingerprint density at radius 3 is 2.55 bits per heavy atom. The van der Waals surface area contributed by atoms with Crippen molar-refractivity contribution in [1.82, 2.24) is 19.7 Å². The van der Waals surface area contributed by atoms with Crippen LogP contribution in [0.25, 0.3) is 22.2 Å². The van der Waals surface area contributed by atoms with Gasteiger partial charge in [0, 0.05) is 46.7 Å². The SMILES string of the molecule is COc1cc(OC)c(F)c(C(O)c2c[nH]c3ncc(-c4cnn(CCOPI)c4)cc23)c1F. The zero-order valence-electron chi connectivity index (χ0n) is 17.6. The van der Waals surface area contributed by atoms with Crippen molar-refractivity contribution < 1.29 is 27.9 Å². The first-order chi connectivity index (χ1) is 16.0. The number of fused-ring (bicyclic) bond motifs is 1. The number of aliphatic hydroxyl groups excluding tert-OH is 1.